The quantitative estimate of drug-likeness (QED) is 0.421. The van der Waals surface area contributed by atoms with Crippen LogP contribution >= 0.6 is 0 Å². The van der Waals surface area contributed by atoms with Gasteiger partial charge >= 0.3 is 0 Å². The van der Waals surface area contributed by atoms with E-state index in [2.05, 4.69) is 12.1 Å². The molecule has 0 unspecified atom stereocenters. The Kier molecular flexibility index (Phi) is 4.78. The molecular formula is C24H21N3O4. The van der Waals surface area contributed by atoms with E-state index < -0.39 is 11.2 Å². The summed E-state index contributed by atoms with van der Waals surface area (Å²) in [7, 11) is 0. The van der Waals surface area contributed by atoms with Gasteiger partial charge in [-0.1, -0.05) is 30.3 Å². The Labute approximate surface area is 179 Å². The van der Waals surface area contributed by atoms with E-state index in [1.807, 2.05) is 48.3 Å². The number of nitrogens with zero attached hydrogens (tertiary/aromatic N) is 3. The standard InChI is InChI=1S/C24H21N3O4/c1-2-30-19-12-13-23-20(14-19)22-15-21(16-6-4-3-5-7-16)25-26(22)24(31-23)17-8-10-18(11-9-17)27(28)29/h3-14,22,24H,2,15H2,1H3/t22-,24+/m0/s1. The van der Waals surface area contributed by atoms with Gasteiger partial charge in [0.1, 0.15) is 11.5 Å². The van der Waals surface area contributed by atoms with Crippen LogP contribution in [0, 0.1) is 10.1 Å². The average molecular weight is 415 g/mol. The van der Waals surface area contributed by atoms with E-state index in [0.29, 0.717) is 6.61 Å². The van der Waals surface area contributed by atoms with Gasteiger partial charge in [-0.05, 0) is 42.8 Å². The first kappa shape index (κ1) is 19.1. The number of hydrogen-bond acceptors (Lipinski definition) is 6. The van der Waals surface area contributed by atoms with Gasteiger partial charge in [0, 0.05) is 29.7 Å². The lowest BCUT2D eigenvalue weighted by Gasteiger charge is -2.38. The number of benzene rings is 3. The molecule has 2 aliphatic rings. The highest BCUT2D eigenvalue weighted by Gasteiger charge is 2.41. The fraction of sp³-hybridized carbons (Fsp3) is 0.208. The van der Waals surface area contributed by atoms with Crippen LogP contribution in [0.2, 0.25) is 0 Å². The average Bonchev–Trinajstić information content (AvgIpc) is 3.25. The zero-order valence-electron chi connectivity index (χ0n) is 17.0. The molecular weight excluding hydrogens is 394 g/mol. The maximum Gasteiger partial charge on any atom is 0.269 e. The Morgan fingerprint density at radius 2 is 1.90 bits per heavy atom. The molecule has 0 radical (unpaired) electrons. The third kappa shape index (κ3) is 3.48. The topological polar surface area (TPSA) is 77.2 Å². The third-order valence-corrected chi connectivity index (χ3v) is 5.57. The molecule has 2 heterocycles. The number of ether oxygens (including phenoxy) is 2. The number of rotatable bonds is 5. The molecule has 2 aliphatic heterocycles. The molecule has 31 heavy (non-hydrogen) atoms. The van der Waals surface area contributed by atoms with Crippen LogP contribution in [-0.2, 0) is 0 Å². The van der Waals surface area contributed by atoms with Crippen LogP contribution < -0.4 is 9.47 Å². The summed E-state index contributed by atoms with van der Waals surface area (Å²) in [5.41, 5.74) is 3.94. The van der Waals surface area contributed by atoms with Crippen LogP contribution in [0.15, 0.2) is 77.9 Å². The Hall–Kier alpha value is -3.87. The van der Waals surface area contributed by atoms with Crippen molar-refractivity contribution in [2.45, 2.75) is 25.6 Å². The largest absolute Gasteiger partial charge is 0.494 e. The second-order valence-corrected chi connectivity index (χ2v) is 7.46. The van der Waals surface area contributed by atoms with E-state index >= 15 is 0 Å². The van der Waals surface area contributed by atoms with Crippen molar-refractivity contribution in [3.63, 3.8) is 0 Å². The zero-order valence-corrected chi connectivity index (χ0v) is 17.0. The van der Waals surface area contributed by atoms with Crippen molar-refractivity contribution >= 4 is 11.4 Å². The molecule has 0 bridgehead atoms. The molecule has 0 saturated carbocycles. The maximum absolute atomic E-state index is 11.0. The Morgan fingerprint density at radius 3 is 2.61 bits per heavy atom. The van der Waals surface area contributed by atoms with Crippen molar-refractivity contribution in [2.75, 3.05) is 6.61 Å². The molecule has 0 N–H and O–H groups in total. The first-order valence-corrected chi connectivity index (χ1v) is 10.2. The summed E-state index contributed by atoms with van der Waals surface area (Å²) in [6.07, 6.45) is 0.261. The van der Waals surface area contributed by atoms with Gasteiger partial charge in [0.15, 0.2) is 0 Å². The van der Waals surface area contributed by atoms with Crippen molar-refractivity contribution in [1.29, 1.82) is 0 Å². The highest BCUT2D eigenvalue weighted by molar-refractivity contribution is 6.01. The fourth-order valence-corrected chi connectivity index (χ4v) is 4.11. The van der Waals surface area contributed by atoms with E-state index in [0.717, 1.165) is 40.3 Å². The van der Waals surface area contributed by atoms with Crippen LogP contribution in [0.4, 0.5) is 5.69 Å². The Bertz CT molecular complexity index is 1150. The second kappa shape index (κ2) is 7.75. The molecule has 0 spiro atoms. The summed E-state index contributed by atoms with van der Waals surface area (Å²) in [4.78, 5) is 10.6. The minimum Gasteiger partial charge on any atom is -0.494 e. The molecule has 0 amide bonds. The number of fused-ring (bicyclic) bond motifs is 3. The van der Waals surface area contributed by atoms with Gasteiger partial charge in [-0.25, -0.2) is 5.01 Å². The maximum atomic E-state index is 11.0. The first-order valence-electron chi connectivity index (χ1n) is 10.2. The fourth-order valence-electron chi connectivity index (χ4n) is 4.11. The number of nitro groups is 1. The molecule has 0 fully saturated rings. The molecule has 7 nitrogen and oxygen atoms in total. The molecule has 0 aromatic heterocycles. The summed E-state index contributed by atoms with van der Waals surface area (Å²) in [5.74, 6) is 1.57. The number of hydrazone groups is 1. The van der Waals surface area contributed by atoms with Crippen molar-refractivity contribution < 1.29 is 14.4 Å². The second-order valence-electron chi connectivity index (χ2n) is 7.46. The Morgan fingerprint density at radius 1 is 1.13 bits per heavy atom. The normalized spacial score (nSPS) is 19.1. The minimum atomic E-state index is -0.475. The van der Waals surface area contributed by atoms with Gasteiger partial charge in [-0.15, -0.1) is 0 Å². The van der Waals surface area contributed by atoms with Crippen molar-refractivity contribution in [1.82, 2.24) is 5.01 Å². The highest BCUT2D eigenvalue weighted by atomic mass is 16.6. The predicted molar refractivity (Wildman–Crippen MR) is 116 cm³/mol. The molecule has 0 aliphatic carbocycles. The van der Waals surface area contributed by atoms with E-state index in [9.17, 15) is 10.1 Å². The summed E-state index contributed by atoms with van der Waals surface area (Å²) < 4.78 is 12.0. The Balaban J connectivity index is 1.57. The van der Waals surface area contributed by atoms with E-state index in [1.165, 1.54) is 12.1 Å². The van der Waals surface area contributed by atoms with Crippen LogP contribution in [0.3, 0.4) is 0 Å². The van der Waals surface area contributed by atoms with Crippen LogP contribution in [0.25, 0.3) is 0 Å². The van der Waals surface area contributed by atoms with E-state index in [1.54, 1.807) is 12.1 Å². The number of nitro benzene ring substituents is 1. The van der Waals surface area contributed by atoms with Gasteiger partial charge in [-0.2, -0.15) is 5.10 Å². The zero-order chi connectivity index (χ0) is 21.4. The van der Waals surface area contributed by atoms with Gasteiger partial charge in [0.2, 0.25) is 6.23 Å². The molecule has 0 saturated heterocycles. The monoisotopic (exact) mass is 415 g/mol. The molecule has 3 aromatic carbocycles. The lowest BCUT2D eigenvalue weighted by atomic mass is 9.95. The summed E-state index contributed by atoms with van der Waals surface area (Å²) in [6, 6.07) is 22.4. The molecule has 5 rings (SSSR count). The third-order valence-electron chi connectivity index (χ3n) is 5.57. The molecule has 2 atom stereocenters. The highest BCUT2D eigenvalue weighted by Crippen LogP contribution is 2.48. The smallest absolute Gasteiger partial charge is 0.269 e. The van der Waals surface area contributed by atoms with E-state index in [4.69, 9.17) is 14.6 Å². The van der Waals surface area contributed by atoms with Gasteiger partial charge < -0.3 is 9.47 Å². The molecule has 156 valence electrons. The minimum absolute atomic E-state index is 0.0143. The van der Waals surface area contributed by atoms with E-state index in [-0.39, 0.29) is 11.7 Å². The van der Waals surface area contributed by atoms with Crippen molar-refractivity contribution in [3.05, 3.63) is 99.6 Å². The van der Waals surface area contributed by atoms with Gasteiger partial charge in [0.05, 0.1) is 23.3 Å². The predicted octanol–water partition coefficient (Wildman–Crippen LogP) is 5.24. The summed E-state index contributed by atoms with van der Waals surface area (Å²) in [5, 5.41) is 17.9. The lowest BCUT2D eigenvalue weighted by Crippen LogP contribution is -2.33. The van der Waals surface area contributed by atoms with Gasteiger partial charge in [0.25, 0.3) is 5.69 Å². The van der Waals surface area contributed by atoms with Crippen molar-refractivity contribution in [2.24, 2.45) is 5.10 Å². The molecule has 3 aromatic rings. The van der Waals surface area contributed by atoms with Gasteiger partial charge in [-0.3, -0.25) is 10.1 Å². The van der Waals surface area contributed by atoms with Crippen LogP contribution in [0.5, 0.6) is 11.5 Å². The first-order chi connectivity index (χ1) is 15.1. The number of non-ortho nitro benzene ring substituents is 1. The number of hydrogen-bond donors (Lipinski definition) is 0. The molecule has 7 heteroatoms. The van der Waals surface area contributed by atoms with Crippen LogP contribution in [0.1, 0.15) is 42.3 Å². The SMILES string of the molecule is CCOc1ccc2c(c1)[C@@H]1CC(c3ccccc3)=NN1[C@@H](c1ccc([N+](=O)[O-])cc1)O2. The van der Waals surface area contributed by atoms with Crippen molar-refractivity contribution in [3.8, 4) is 11.5 Å². The van der Waals surface area contributed by atoms with Crippen LogP contribution in [-0.4, -0.2) is 22.3 Å². The summed E-state index contributed by atoms with van der Waals surface area (Å²) in [6.45, 7) is 2.55. The summed E-state index contributed by atoms with van der Waals surface area (Å²) >= 11 is 0. The lowest BCUT2D eigenvalue weighted by molar-refractivity contribution is -0.384.